The zero-order valence-electron chi connectivity index (χ0n) is 10.5. The molecule has 1 N–H and O–H groups in total. The van der Waals surface area contributed by atoms with Crippen LogP contribution in [0.5, 0.6) is 5.75 Å². The number of ether oxygens (including phenoxy) is 1. The normalized spacial score (nSPS) is 19.1. The quantitative estimate of drug-likeness (QED) is 0.910. The van der Waals surface area contributed by atoms with Crippen LogP contribution in [0.3, 0.4) is 0 Å². The highest BCUT2D eigenvalue weighted by atomic mass is 79.9. The van der Waals surface area contributed by atoms with Gasteiger partial charge in [0.2, 0.25) is 5.91 Å². The Morgan fingerprint density at radius 2 is 2.32 bits per heavy atom. The number of hydrogen-bond acceptors (Lipinski definition) is 3. The Balaban J connectivity index is 2.40. The maximum atomic E-state index is 12.0. The highest BCUT2D eigenvalue weighted by Crippen LogP contribution is 2.41. The summed E-state index contributed by atoms with van der Waals surface area (Å²) in [6, 6.07) is 3.45. The molecule has 104 valence electrons. The van der Waals surface area contributed by atoms with Crippen LogP contribution in [0.2, 0.25) is 5.02 Å². The standard InChI is InChI=1S/C13H15BrClNO3/c1-2-19-13-10(14)4-9(15)5-11(13)16-6-8(7-17)3-12(16)18/h4-5,8,17H,2-3,6-7H2,1H3. The number of hydrogen-bond donors (Lipinski definition) is 1. The van der Waals surface area contributed by atoms with Crippen LogP contribution in [-0.4, -0.2) is 30.8 Å². The van der Waals surface area contributed by atoms with Crippen LogP contribution >= 0.6 is 27.5 Å². The molecule has 4 nitrogen and oxygen atoms in total. The van der Waals surface area contributed by atoms with E-state index in [1.54, 1.807) is 17.0 Å². The molecule has 1 heterocycles. The Bertz CT molecular complexity index is 495. The smallest absolute Gasteiger partial charge is 0.227 e. The Labute approximate surface area is 125 Å². The van der Waals surface area contributed by atoms with Gasteiger partial charge in [-0.05, 0) is 35.0 Å². The monoisotopic (exact) mass is 347 g/mol. The maximum Gasteiger partial charge on any atom is 0.227 e. The van der Waals surface area contributed by atoms with Crippen LogP contribution < -0.4 is 9.64 Å². The van der Waals surface area contributed by atoms with Gasteiger partial charge in [-0.3, -0.25) is 4.79 Å². The van der Waals surface area contributed by atoms with Crippen molar-refractivity contribution < 1.29 is 14.6 Å². The number of carbonyl (C=O) groups excluding carboxylic acids is 1. The van der Waals surface area contributed by atoms with Gasteiger partial charge in [-0.15, -0.1) is 0 Å². The molecule has 6 heteroatoms. The highest BCUT2D eigenvalue weighted by Gasteiger charge is 2.32. The molecule has 1 saturated heterocycles. The molecule has 2 rings (SSSR count). The maximum absolute atomic E-state index is 12.0. The van der Waals surface area contributed by atoms with E-state index >= 15 is 0 Å². The number of halogens is 2. The van der Waals surface area contributed by atoms with Gasteiger partial charge in [-0.1, -0.05) is 11.6 Å². The van der Waals surface area contributed by atoms with Gasteiger partial charge < -0.3 is 14.7 Å². The fraction of sp³-hybridized carbons (Fsp3) is 0.462. The molecule has 1 aliphatic heterocycles. The molecule has 1 aromatic carbocycles. The summed E-state index contributed by atoms with van der Waals surface area (Å²) in [6.45, 7) is 2.88. The fourth-order valence-electron chi connectivity index (χ4n) is 2.17. The summed E-state index contributed by atoms with van der Waals surface area (Å²) in [5.41, 5.74) is 0.655. The number of aliphatic hydroxyl groups excluding tert-OH is 1. The number of nitrogens with zero attached hydrogens (tertiary/aromatic N) is 1. The molecule has 1 aliphatic rings. The van der Waals surface area contributed by atoms with Gasteiger partial charge in [-0.25, -0.2) is 0 Å². The SMILES string of the molecule is CCOc1c(Br)cc(Cl)cc1N1CC(CO)CC1=O. The number of benzene rings is 1. The van der Waals surface area contributed by atoms with E-state index in [-0.39, 0.29) is 18.4 Å². The van der Waals surface area contributed by atoms with Gasteiger partial charge in [0.25, 0.3) is 0 Å². The second kappa shape index (κ2) is 6.11. The lowest BCUT2D eigenvalue weighted by molar-refractivity contribution is -0.117. The van der Waals surface area contributed by atoms with Crippen molar-refractivity contribution in [3.63, 3.8) is 0 Å². The summed E-state index contributed by atoms with van der Waals surface area (Å²) in [4.78, 5) is 13.7. The molecular weight excluding hydrogens is 334 g/mol. The van der Waals surface area contributed by atoms with Gasteiger partial charge in [-0.2, -0.15) is 0 Å². The van der Waals surface area contributed by atoms with Crippen molar-refractivity contribution in [2.45, 2.75) is 13.3 Å². The number of carbonyl (C=O) groups is 1. The predicted molar refractivity (Wildman–Crippen MR) is 77.9 cm³/mol. The average molecular weight is 349 g/mol. The minimum absolute atomic E-state index is 0.00788. The lowest BCUT2D eigenvalue weighted by Gasteiger charge is -2.21. The Kier molecular flexibility index (Phi) is 4.71. The number of rotatable bonds is 4. The summed E-state index contributed by atoms with van der Waals surface area (Å²) in [7, 11) is 0. The molecule has 0 aromatic heterocycles. The number of anilines is 1. The third-order valence-corrected chi connectivity index (χ3v) is 3.84. The van der Waals surface area contributed by atoms with Gasteiger partial charge in [0.15, 0.2) is 5.75 Å². The third kappa shape index (κ3) is 3.04. The zero-order valence-corrected chi connectivity index (χ0v) is 12.9. The van der Waals surface area contributed by atoms with E-state index in [2.05, 4.69) is 15.9 Å². The zero-order chi connectivity index (χ0) is 14.0. The third-order valence-electron chi connectivity index (χ3n) is 3.03. The molecule has 1 unspecified atom stereocenters. The van der Waals surface area contributed by atoms with E-state index in [1.165, 1.54) is 0 Å². The van der Waals surface area contributed by atoms with Gasteiger partial charge in [0.1, 0.15) is 0 Å². The Morgan fingerprint density at radius 1 is 1.58 bits per heavy atom. The van der Waals surface area contributed by atoms with Crippen molar-refractivity contribution in [1.29, 1.82) is 0 Å². The largest absolute Gasteiger partial charge is 0.490 e. The first-order chi connectivity index (χ1) is 9.06. The van der Waals surface area contributed by atoms with Crippen LogP contribution in [0.15, 0.2) is 16.6 Å². The van der Waals surface area contributed by atoms with E-state index in [1.807, 2.05) is 6.92 Å². The molecule has 1 aromatic rings. The lowest BCUT2D eigenvalue weighted by atomic mass is 10.1. The predicted octanol–water partition coefficient (Wildman–Crippen LogP) is 2.85. The van der Waals surface area contributed by atoms with Gasteiger partial charge in [0, 0.05) is 30.5 Å². The molecule has 0 bridgehead atoms. The second-order valence-electron chi connectivity index (χ2n) is 4.43. The molecular formula is C13H15BrClNO3. The van der Waals surface area contributed by atoms with E-state index in [9.17, 15) is 9.90 Å². The average Bonchev–Trinajstić information content (AvgIpc) is 2.74. The molecule has 1 fully saturated rings. The molecule has 1 atom stereocenters. The van der Waals surface area contributed by atoms with Crippen LogP contribution in [0.25, 0.3) is 0 Å². The summed E-state index contributed by atoms with van der Waals surface area (Å²) in [5.74, 6) is 0.563. The first-order valence-corrected chi connectivity index (χ1v) is 7.27. The minimum atomic E-state index is -0.0280. The summed E-state index contributed by atoms with van der Waals surface area (Å²) in [5, 5.41) is 9.72. The van der Waals surface area contributed by atoms with Crippen molar-refractivity contribution in [1.82, 2.24) is 0 Å². The number of amides is 1. The van der Waals surface area contributed by atoms with E-state index in [0.717, 1.165) is 4.47 Å². The van der Waals surface area contributed by atoms with E-state index in [0.29, 0.717) is 36.0 Å². The molecule has 1 amide bonds. The van der Waals surface area contributed by atoms with Crippen LogP contribution in [0.4, 0.5) is 5.69 Å². The van der Waals surface area contributed by atoms with Gasteiger partial charge >= 0.3 is 0 Å². The van der Waals surface area contributed by atoms with Crippen molar-refractivity contribution in [3.8, 4) is 5.75 Å². The Morgan fingerprint density at radius 3 is 2.89 bits per heavy atom. The molecule has 19 heavy (non-hydrogen) atoms. The second-order valence-corrected chi connectivity index (χ2v) is 5.72. The first-order valence-electron chi connectivity index (χ1n) is 6.09. The van der Waals surface area contributed by atoms with Crippen molar-refractivity contribution in [2.24, 2.45) is 5.92 Å². The van der Waals surface area contributed by atoms with Crippen LogP contribution in [0, 0.1) is 5.92 Å². The summed E-state index contributed by atoms with van der Waals surface area (Å²) >= 11 is 9.45. The fourth-order valence-corrected chi connectivity index (χ4v) is 3.08. The number of aliphatic hydroxyl groups is 1. The molecule has 0 saturated carbocycles. The molecule has 0 spiro atoms. The van der Waals surface area contributed by atoms with Gasteiger partial charge in [0.05, 0.1) is 16.8 Å². The van der Waals surface area contributed by atoms with Crippen molar-refractivity contribution in [3.05, 3.63) is 21.6 Å². The highest BCUT2D eigenvalue weighted by molar-refractivity contribution is 9.10. The summed E-state index contributed by atoms with van der Waals surface area (Å²) in [6.07, 6.45) is 0.353. The topological polar surface area (TPSA) is 49.8 Å². The van der Waals surface area contributed by atoms with Crippen molar-refractivity contribution >= 4 is 39.1 Å². The summed E-state index contributed by atoms with van der Waals surface area (Å²) < 4.78 is 6.31. The van der Waals surface area contributed by atoms with E-state index < -0.39 is 0 Å². The first kappa shape index (κ1) is 14.6. The van der Waals surface area contributed by atoms with Crippen LogP contribution in [-0.2, 0) is 4.79 Å². The Hall–Kier alpha value is -0.780. The molecule has 0 aliphatic carbocycles. The van der Waals surface area contributed by atoms with E-state index in [4.69, 9.17) is 16.3 Å². The van der Waals surface area contributed by atoms with Crippen molar-refractivity contribution in [2.75, 3.05) is 24.7 Å². The molecule has 0 radical (unpaired) electrons. The minimum Gasteiger partial charge on any atom is -0.490 e. The van der Waals surface area contributed by atoms with Crippen LogP contribution in [0.1, 0.15) is 13.3 Å². The lowest BCUT2D eigenvalue weighted by Crippen LogP contribution is -2.25.